The Bertz CT molecular complexity index is 291. The second kappa shape index (κ2) is 8.73. The summed E-state index contributed by atoms with van der Waals surface area (Å²) < 4.78 is 0. The van der Waals surface area contributed by atoms with Crippen molar-refractivity contribution in [1.82, 2.24) is 4.90 Å². The van der Waals surface area contributed by atoms with Crippen molar-refractivity contribution >= 4 is 21.7 Å². The fourth-order valence-electron chi connectivity index (χ4n) is 2.58. The van der Waals surface area contributed by atoms with Crippen molar-refractivity contribution in [2.75, 3.05) is 18.4 Å². The summed E-state index contributed by atoms with van der Waals surface area (Å²) in [6.07, 6.45) is 7.41. The van der Waals surface area contributed by atoms with Crippen molar-refractivity contribution in [3.63, 3.8) is 0 Å². The van der Waals surface area contributed by atoms with Gasteiger partial charge in [-0.1, -0.05) is 36.2 Å². The van der Waals surface area contributed by atoms with Gasteiger partial charge in [0.25, 0.3) is 0 Å². The van der Waals surface area contributed by atoms with E-state index in [9.17, 15) is 4.79 Å². The predicted molar refractivity (Wildman–Crippen MR) is 81.1 cm³/mol. The average Bonchev–Trinajstić information content (AvgIpc) is 2.39. The summed E-state index contributed by atoms with van der Waals surface area (Å²) in [5, 5.41) is 1.01. The predicted octanol–water partition coefficient (Wildman–Crippen LogP) is 4.29. The van der Waals surface area contributed by atoms with Crippen LogP contribution in [0.3, 0.4) is 0 Å². The van der Waals surface area contributed by atoms with Crippen LogP contribution in [-0.2, 0) is 4.79 Å². The van der Waals surface area contributed by atoms with Gasteiger partial charge in [0, 0.05) is 24.8 Å². The Morgan fingerprint density at radius 1 is 1.17 bits per heavy atom. The van der Waals surface area contributed by atoms with Gasteiger partial charge in [-0.2, -0.15) is 0 Å². The first-order chi connectivity index (χ1) is 8.74. The molecule has 1 aliphatic rings. The Morgan fingerprint density at radius 2 is 1.89 bits per heavy atom. The van der Waals surface area contributed by atoms with Crippen LogP contribution in [0.15, 0.2) is 11.3 Å². The van der Waals surface area contributed by atoms with Crippen LogP contribution in [-0.4, -0.2) is 29.1 Å². The zero-order valence-electron chi connectivity index (χ0n) is 11.8. The van der Waals surface area contributed by atoms with E-state index in [0.29, 0.717) is 5.78 Å². The molecule has 0 aromatic rings. The number of rotatable bonds is 8. The van der Waals surface area contributed by atoms with E-state index in [1.54, 1.807) is 0 Å². The van der Waals surface area contributed by atoms with Gasteiger partial charge in [0.2, 0.25) is 0 Å². The van der Waals surface area contributed by atoms with E-state index < -0.39 is 0 Å². The summed E-state index contributed by atoms with van der Waals surface area (Å²) in [5.41, 5.74) is 2.45. The maximum Gasteiger partial charge on any atom is 0.178 e. The molecule has 1 rings (SSSR count). The molecule has 0 saturated heterocycles. The number of nitrogens with zero attached hydrogens (tertiary/aromatic N) is 1. The zero-order chi connectivity index (χ0) is 13.4. The molecule has 0 heterocycles. The molecule has 0 aliphatic heterocycles. The van der Waals surface area contributed by atoms with E-state index in [1.807, 2.05) is 0 Å². The minimum atomic E-state index is 0.378. The third-order valence-corrected chi connectivity index (χ3v) is 4.13. The summed E-state index contributed by atoms with van der Waals surface area (Å²) in [5.74, 6) is 0.378. The van der Waals surface area contributed by atoms with E-state index in [2.05, 4.69) is 34.7 Å². The number of hydrogen-bond acceptors (Lipinski definition) is 2. The number of halogens is 1. The Kier molecular flexibility index (Phi) is 7.64. The van der Waals surface area contributed by atoms with Crippen LogP contribution in [0.2, 0.25) is 0 Å². The molecule has 0 aromatic carbocycles. The second-order valence-corrected chi connectivity index (χ2v) is 5.76. The quantitative estimate of drug-likeness (QED) is 0.623. The number of unbranched alkanes of at least 4 members (excludes halogenated alkanes) is 1. The lowest BCUT2D eigenvalue weighted by molar-refractivity contribution is -0.117. The number of Topliss-reactive ketones (excluding diaryl/α,β-unsaturated/α-hetero) is 1. The fraction of sp³-hybridized carbons (Fsp3) is 0.800. The largest absolute Gasteiger partial charge is 0.369 e. The minimum Gasteiger partial charge on any atom is -0.369 e. The van der Waals surface area contributed by atoms with Crippen LogP contribution in [0.5, 0.6) is 0 Å². The van der Waals surface area contributed by atoms with E-state index in [-0.39, 0.29) is 0 Å². The SMILES string of the molecule is CCCCN(CCCBr)C1=C(CC)CCCC1=O. The minimum absolute atomic E-state index is 0.378. The summed E-state index contributed by atoms with van der Waals surface area (Å²) in [4.78, 5) is 14.6. The molecule has 104 valence electrons. The number of hydrogen-bond donors (Lipinski definition) is 0. The van der Waals surface area contributed by atoms with Gasteiger partial charge in [0.1, 0.15) is 0 Å². The number of carbonyl (C=O) groups is 1. The number of alkyl halides is 1. The highest BCUT2D eigenvalue weighted by atomic mass is 79.9. The fourth-order valence-corrected chi connectivity index (χ4v) is 2.83. The van der Waals surface area contributed by atoms with Crippen LogP contribution in [0.25, 0.3) is 0 Å². The van der Waals surface area contributed by atoms with Crippen molar-refractivity contribution in [2.24, 2.45) is 0 Å². The molecule has 0 spiro atoms. The third kappa shape index (κ3) is 4.42. The van der Waals surface area contributed by atoms with Crippen LogP contribution in [0.1, 0.15) is 58.8 Å². The smallest absolute Gasteiger partial charge is 0.178 e. The highest BCUT2D eigenvalue weighted by Crippen LogP contribution is 2.27. The molecule has 0 saturated carbocycles. The van der Waals surface area contributed by atoms with E-state index in [1.165, 1.54) is 18.4 Å². The molecule has 0 fully saturated rings. The molecular formula is C15H26BrNO. The average molecular weight is 316 g/mol. The molecule has 0 radical (unpaired) electrons. The van der Waals surface area contributed by atoms with Gasteiger partial charge in [0.05, 0.1) is 5.70 Å². The van der Waals surface area contributed by atoms with Gasteiger partial charge in [-0.3, -0.25) is 4.79 Å². The zero-order valence-corrected chi connectivity index (χ0v) is 13.4. The Labute approximate surface area is 120 Å². The van der Waals surface area contributed by atoms with Crippen molar-refractivity contribution in [1.29, 1.82) is 0 Å². The van der Waals surface area contributed by atoms with E-state index in [0.717, 1.165) is 56.2 Å². The highest BCUT2D eigenvalue weighted by Gasteiger charge is 2.23. The van der Waals surface area contributed by atoms with Gasteiger partial charge in [-0.25, -0.2) is 0 Å². The maximum atomic E-state index is 12.2. The van der Waals surface area contributed by atoms with Crippen LogP contribution >= 0.6 is 15.9 Å². The number of allylic oxidation sites excluding steroid dienone is 2. The van der Waals surface area contributed by atoms with Gasteiger partial charge < -0.3 is 4.90 Å². The van der Waals surface area contributed by atoms with Crippen LogP contribution < -0.4 is 0 Å². The number of carbonyl (C=O) groups excluding carboxylic acids is 1. The van der Waals surface area contributed by atoms with E-state index >= 15 is 0 Å². The van der Waals surface area contributed by atoms with Gasteiger partial charge in [-0.05, 0) is 37.7 Å². The third-order valence-electron chi connectivity index (χ3n) is 3.57. The lowest BCUT2D eigenvalue weighted by Gasteiger charge is -2.31. The first-order valence-electron chi connectivity index (χ1n) is 7.30. The molecule has 0 aromatic heterocycles. The second-order valence-electron chi connectivity index (χ2n) is 4.97. The lowest BCUT2D eigenvalue weighted by Crippen LogP contribution is -2.32. The topological polar surface area (TPSA) is 20.3 Å². The summed E-state index contributed by atoms with van der Waals surface area (Å²) in [6, 6.07) is 0. The lowest BCUT2D eigenvalue weighted by atomic mass is 9.92. The maximum absolute atomic E-state index is 12.2. The molecule has 0 atom stereocenters. The summed E-state index contributed by atoms with van der Waals surface area (Å²) in [6.45, 7) is 6.43. The van der Waals surface area contributed by atoms with E-state index in [4.69, 9.17) is 0 Å². The molecule has 0 bridgehead atoms. The van der Waals surface area contributed by atoms with Crippen LogP contribution in [0.4, 0.5) is 0 Å². The summed E-state index contributed by atoms with van der Waals surface area (Å²) in [7, 11) is 0. The van der Waals surface area contributed by atoms with Crippen molar-refractivity contribution in [3.8, 4) is 0 Å². The van der Waals surface area contributed by atoms with Crippen LogP contribution in [0, 0.1) is 0 Å². The first-order valence-corrected chi connectivity index (χ1v) is 8.42. The van der Waals surface area contributed by atoms with Crippen molar-refractivity contribution in [3.05, 3.63) is 11.3 Å². The Balaban J connectivity index is 2.84. The molecule has 2 nitrogen and oxygen atoms in total. The first kappa shape index (κ1) is 15.7. The molecule has 0 N–H and O–H groups in total. The van der Waals surface area contributed by atoms with Crippen molar-refractivity contribution in [2.45, 2.75) is 58.8 Å². The monoisotopic (exact) mass is 315 g/mol. The van der Waals surface area contributed by atoms with Gasteiger partial charge in [-0.15, -0.1) is 0 Å². The van der Waals surface area contributed by atoms with Gasteiger partial charge in [0.15, 0.2) is 5.78 Å². The highest BCUT2D eigenvalue weighted by molar-refractivity contribution is 9.09. The normalized spacial score (nSPS) is 16.3. The standard InChI is InChI=1S/C15H26BrNO/c1-3-5-11-17(12-7-10-16)15-13(4-2)8-6-9-14(15)18/h3-12H2,1-2H3. The molecule has 18 heavy (non-hydrogen) atoms. The molecular weight excluding hydrogens is 290 g/mol. The Hall–Kier alpha value is -0.310. The summed E-state index contributed by atoms with van der Waals surface area (Å²) >= 11 is 3.49. The molecule has 0 unspecified atom stereocenters. The van der Waals surface area contributed by atoms with Crippen molar-refractivity contribution < 1.29 is 4.79 Å². The molecule has 0 amide bonds. The number of ketones is 1. The van der Waals surface area contributed by atoms with Gasteiger partial charge >= 0.3 is 0 Å². The molecule has 1 aliphatic carbocycles. The Morgan fingerprint density at radius 3 is 2.50 bits per heavy atom. The molecule has 3 heteroatoms.